The number of hydrogen-bond acceptors (Lipinski definition) is 2. The lowest BCUT2D eigenvalue weighted by Gasteiger charge is -2.24. The minimum Gasteiger partial charge on any atom is -0.478 e. The number of nitrogens with zero attached hydrogens (tertiary/aromatic N) is 1. The van der Waals surface area contributed by atoms with Gasteiger partial charge in [0, 0.05) is 18.8 Å². The molecule has 0 saturated carbocycles. The number of hydrogen-bond donors (Lipinski definition) is 1. The van der Waals surface area contributed by atoms with Gasteiger partial charge in [-0.3, -0.25) is 0 Å². The van der Waals surface area contributed by atoms with Crippen LogP contribution in [0.2, 0.25) is 0 Å². The Kier molecular flexibility index (Phi) is 3.90. The van der Waals surface area contributed by atoms with Crippen LogP contribution in [0.5, 0.6) is 0 Å². The van der Waals surface area contributed by atoms with E-state index in [-0.39, 0.29) is 0 Å². The molecular weight excluding hydrogens is 226 g/mol. The van der Waals surface area contributed by atoms with Gasteiger partial charge >= 0.3 is 5.97 Å². The van der Waals surface area contributed by atoms with Gasteiger partial charge in [-0.25, -0.2) is 4.79 Å². The fourth-order valence-corrected chi connectivity index (χ4v) is 2.63. The van der Waals surface area contributed by atoms with E-state index in [0.29, 0.717) is 11.5 Å². The molecule has 98 valence electrons. The summed E-state index contributed by atoms with van der Waals surface area (Å²) >= 11 is 0. The average Bonchev–Trinajstić information content (AvgIpc) is 2.78. The van der Waals surface area contributed by atoms with Crippen molar-refractivity contribution in [2.45, 2.75) is 33.1 Å². The van der Waals surface area contributed by atoms with Crippen LogP contribution in [0.25, 0.3) is 0 Å². The van der Waals surface area contributed by atoms with E-state index >= 15 is 0 Å². The van der Waals surface area contributed by atoms with Crippen molar-refractivity contribution in [3.8, 4) is 0 Å². The maximum atomic E-state index is 11.0. The van der Waals surface area contributed by atoms with Crippen LogP contribution in [-0.2, 0) is 6.42 Å². The van der Waals surface area contributed by atoms with Crippen LogP contribution in [0.1, 0.15) is 42.6 Å². The van der Waals surface area contributed by atoms with Gasteiger partial charge in [-0.05, 0) is 30.0 Å². The van der Waals surface area contributed by atoms with E-state index in [1.807, 2.05) is 12.1 Å². The predicted molar refractivity (Wildman–Crippen MR) is 73.4 cm³/mol. The lowest BCUT2D eigenvalue weighted by atomic mass is 10.0. The largest absolute Gasteiger partial charge is 0.478 e. The van der Waals surface area contributed by atoms with Gasteiger partial charge in [0.1, 0.15) is 0 Å². The fraction of sp³-hybridized carbons (Fsp3) is 0.533. The summed E-state index contributed by atoms with van der Waals surface area (Å²) < 4.78 is 0. The van der Waals surface area contributed by atoms with E-state index in [4.69, 9.17) is 5.11 Å². The monoisotopic (exact) mass is 247 g/mol. The second-order valence-corrected chi connectivity index (χ2v) is 5.03. The molecule has 1 aromatic rings. The predicted octanol–water partition coefficient (Wildman–Crippen LogP) is 3.18. The van der Waals surface area contributed by atoms with Gasteiger partial charge in [0.2, 0.25) is 0 Å². The summed E-state index contributed by atoms with van der Waals surface area (Å²) in [7, 11) is 0. The van der Waals surface area contributed by atoms with E-state index in [1.165, 1.54) is 18.4 Å². The van der Waals surface area contributed by atoms with Crippen molar-refractivity contribution in [1.29, 1.82) is 0 Å². The molecule has 0 saturated heterocycles. The third kappa shape index (κ3) is 2.50. The summed E-state index contributed by atoms with van der Waals surface area (Å²) in [6.07, 6.45) is 3.40. The second kappa shape index (κ2) is 5.42. The Bertz CT molecular complexity index is 438. The minimum absolute atomic E-state index is 0.394. The molecule has 0 unspecified atom stereocenters. The molecule has 1 aromatic carbocycles. The van der Waals surface area contributed by atoms with Crippen molar-refractivity contribution in [2.75, 3.05) is 18.0 Å². The Labute approximate surface area is 108 Å². The lowest BCUT2D eigenvalue weighted by Crippen LogP contribution is -2.27. The molecule has 0 spiro atoms. The van der Waals surface area contributed by atoms with Gasteiger partial charge in [-0.1, -0.05) is 32.8 Å². The van der Waals surface area contributed by atoms with E-state index < -0.39 is 5.97 Å². The normalized spacial score (nSPS) is 14.1. The number of aromatic carboxylic acids is 1. The van der Waals surface area contributed by atoms with Crippen LogP contribution >= 0.6 is 0 Å². The van der Waals surface area contributed by atoms with Crippen LogP contribution in [0.4, 0.5) is 5.69 Å². The molecule has 18 heavy (non-hydrogen) atoms. The first-order chi connectivity index (χ1) is 8.65. The summed E-state index contributed by atoms with van der Waals surface area (Å²) in [5.41, 5.74) is 2.80. The molecule has 3 nitrogen and oxygen atoms in total. The van der Waals surface area contributed by atoms with Crippen molar-refractivity contribution in [3.05, 3.63) is 29.3 Å². The van der Waals surface area contributed by atoms with Crippen molar-refractivity contribution >= 4 is 11.7 Å². The Hall–Kier alpha value is -1.51. The second-order valence-electron chi connectivity index (χ2n) is 5.03. The van der Waals surface area contributed by atoms with Gasteiger partial charge in [0.05, 0.1) is 5.56 Å². The molecule has 0 bridgehead atoms. The number of carboxylic acids is 1. The van der Waals surface area contributed by atoms with Crippen LogP contribution in [0.15, 0.2) is 18.2 Å². The number of rotatable bonds is 5. The maximum absolute atomic E-state index is 11.0. The highest BCUT2D eigenvalue weighted by Gasteiger charge is 2.22. The Morgan fingerprint density at radius 3 is 2.72 bits per heavy atom. The van der Waals surface area contributed by atoms with Gasteiger partial charge in [-0.15, -0.1) is 0 Å². The summed E-state index contributed by atoms with van der Waals surface area (Å²) in [5.74, 6) is -0.142. The van der Waals surface area contributed by atoms with Crippen LogP contribution in [0.3, 0.4) is 0 Å². The number of benzene rings is 1. The first kappa shape index (κ1) is 12.9. The maximum Gasteiger partial charge on any atom is 0.335 e. The molecular formula is C15H21NO2. The lowest BCUT2D eigenvalue weighted by molar-refractivity contribution is 0.0697. The molecule has 1 aliphatic rings. The molecule has 0 radical (unpaired) electrons. The van der Waals surface area contributed by atoms with Crippen molar-refractivity contribution in [1.82, 2.24) is 0 Å². The topological polar surface area (TPSA) is 40.5 Å². The number of carbonyl (C=O) groups is 1. The van der Waals surface area contributed by atoms with E-state index in [2.05, 4.69) is 18.7 Å². The van der Waals surface area contributed by atoms with Crippen molar-refractivity contribution in [2.24, 2.45) is 5.92 Å². The Morgan fingerprint density at radius 1 is 1.39 bits per heavy atom. The SMILES string of the molecule is CCC(CC)CN1CCc2ccc(C(=O)O)cc21. The van der Waals surface area contributed by atoms with Crippen LogP contribution in [0, 0.1) is 5.92 Å². The zero-order chi connectivity index (χ0) is 13.1. The zero-order valence-electron chi connectivity index (χ0n) is 11.1. The van der Waals surface area contributed by atoms with Gasteiger partial charge in [0.15, 0.2) is 0 Å². The minimum atomic E-state index is -0.841. The highest BCUT2D eigenvalue weighted by molar-refractivity contribution is 5.89. The highest BCUT2D eigenvalue weighted by Crippen LogP contribution is 2.30. The van der Waals surface area contributed by atoms with Crippen molar-refractivity contribution < 1.29 is 9.90 Å². The van der Waals surface area contributed by atoms with E-state index in [1.54, 1.807) is 6.07 Å². The van der Waals surface area contributed by atoms with Gasteiger partial charge in [-0.2, -0.15) is 0 Å². The third-order valence-corrected chi connectivity index (χ3v) is 3.96. The summed E-state index contributed by atoms with van der Waals surface area (Å²) in [4.78, 5) is 13.4. The molecule has 1 N–H and O–H groups in total. The van der Waals surface area contributed by atoms with Crippen LogP contribution in [-0.4, -0.2) is 24.2 Å². The molecule has 0 atom stereocenters. The first-order valence-electron chi connectivity index (χ1n) is 6.76. The van der Waals surface area contributed by atoms with E-state index in [0.717, 1.165) is 25.2 Å². The summed E-state index contributed by atoms with van der Waals surface area (Å²) in [6, 6.07) is 5.50. The van der Waals surface area contributed by atoms with Gasteiger partial charge < -0.3 is 10.0 Å². The molecule has 0 aromatic heterocycles. The quantitative estimate of drug-likeness (QED) is 0.868. The molecule has 0 fully saturated rings. The van der Waals surface area contributed by atoms with Gasteiger partial charge in [0.25, 0.3) is 0 Å². The zero-order valence-corrected chi connectivity index (χ0v) is 11.1. The Morgan fingerprint density at radius 2 is 2.11 bits per heavy atom. The smallest absolute Gasteiger partial charge is 0.335 e. The summed E-state index contributed by atoms with van der Waals surface area (Å²) in [5, 5.41) is 9.06. The molecule has 0 amide bonds. The molecule has 1 aliphatic heterocycles. The Balaban J connectivity index is 2.20. The standard InChI is InChI=1S/C15H21NO2/c1-3-11(4-2)10-16-8-7-12-5-6-13(15(17)18)9-14(12)16/h5-6,9,11H,3-4,7-8,10H2,1-2H3,(H,17,18). The summed E-state index contributed by atoms with van der Waals surface area (Å²) in [6.45, 7) is 6.51. The number of fused-ring (bicyclic) bond motifs is 1. The van der Waals surface area contributed by atoms with Crippen molar-refractivity contribution in [3.63, 3.8) is 0 Å². The number of carboxylic acid groups (broad SMARTS) is 1. The van der Waals surface area contributed by atoms with E-state index in [9.17, 15) is 4.79 Å². The molecule has 1 heterocycles. The fourth-order valence-electron chi connectivity index (χ4n) is 2.63. The highest BCUT2D eigenvalue weighted by atomic mass is 16.4. The number of anilines is 1. The first-order valence-corrected chi connectivity index (χ1v) is 6.76. The third-order valence-electron chi connectivity index (χ3n) is 3.96. The average molecular weight is 247 g/mol. The van der Waals surface area contributed by atoms with Crippen LogP contribution < -0.4 is 4.90 Å². The molecule has 0 aliphatic carbocycles. The molecule has 2 rings (SSSR count). The molecule has 3 heteroatoms.